The summed E-state index contributed by atoms with van der Waals surface area (Å²) in [5.74, 6) is 0. The first kappa shape index (κ1) is 13.3. The van der Waals surface area contributed by atoms with E-state index >= 15 is 0 Å². The fourth-order valence-electron chi connectivity index (χ4n) is 2.33. The number of hydrogen-bond acceptors (Lipinski definition) is 4. The van der Waals surface area contributed by atoms with Crippen LogP contribution in [0.15, 0.2) is 55.2 Å². The number of anilines is 1. The summed E-state index contributed by atoms with van der Waals surface area (Å²) in [6, 6.07) is 9.84. The molecule has 106 valence electrons. The van der Waals surface area contributed by atoms with Gasteiger partial charge in [-0.1, -0.05) is 18.2 Å². The largest absolute Gasteiger partial charge is 0.398 e. The summed E-state index contributed by atoms with van der Waals surface area (Å²) in [4.78, 5) is 8.41. The third-order valence-corrected chi connectivity index (χ3v) is 3.32. The van der Waals surface area contributed by atoms with Crippen molar-refractivity contribution in [1.82, 2.24) is 14.5 Å². The fraction of sp³-hybridized carbons (Fsp3) is 0.125. The van der Waals surface area contributed by atoms with Crippen molar-refractivity contribution in [2.45, 2.75) is 6.61 Å². The van der Waals surface area contributed by atoms with Gasteiger partial charge in [0.2, 0.25) is 0 Å². The minimum Gasteiger partial charge on any atom is -0.398 e. The van der Waals surface area contributed by atoms with Gasteiger partial charge in [0.1, 0.15) is 0 Å². The maximum absolute atomic E-state index is 6.05. The quantitative estimate of drug-likeness (QED) is 0.798. The second-order valence-corrected chi connectivity index (χ2v) is 4.67. The van der Waals surface area contributed by atoms with Crippen LogP contribution >= 0.6 is 0 Å². The van der Waals surface area contributed by atoms with Gasteiger partial charge in [-0.2, -0.15) is 0 Å². The molecule has 0 aliphatic heterocycles. The average Bonchev–Trinajstić information content (AvgIpc) is 2.98. The van der Waals surface area contributed by atoms with Crippen molar-refractivity contribution < 1.29 is 4.74 Å². The van der Waals surface area contributed by atoms with Gasteiger partial charge in [-0.3, -0.25) is 9.55 Å². The van der Waals surface area contributed by atoms with Crippen LogP contribution in [0.2, 0.25) is 0 Å². The first-order valence-corrected chi connectivity index (χ1v) is 6.60. The molecule has 0 fully saturated rings. The van der Waals surface area contributed by atoms with E-state index in [0.717, 1.165) is 22.5 Å². The number of pyridine rings is 1. The van der Waals surface area contributed by atoms with Crippen molar-refractivity contribution in [3.63, 3.8) is 0 Å². The van der Waals surface area contributed by atoms with Crippen molar-refractivity contribution in [3.8, 4) is 16.9 Å². The Labute approximate surface area is 123 Å². The highest BCUT2D eigenvalue weighted by Crippen LogP contribution is 2.28. The summed E-state index contributed by atoms with van der Waals surface area (Å²) in [5.41, 5.74) is 10.6. The monoisotopic (exact) mass is 280 g/mol. The Kier molecular flexibility index (Phi) is 3.66. The Balaban J connectivity index is 2.14. The van der Waals surface area contributed by atoms with Gasteiger partial charge in [0.05, 0.1) is 30.5 Å². The molecule has 0 bridgehead atoms. The Morgan fingerprint density at radius 1 is 1.14 bits per heavy atom. The van der Waals surface area contributed by atoms with Crippen LogP contribution in [0.1, 0.15) is 5.56 Å². The second-order valence-electron chi connectivity index (χ2n) is 4.67. The molecule has 3 rings (SSSR count). The lowest BCUT2D eigenvalue weighted by Gasteiger charge is -2.13. The molecule has 1 aromatic carbocycles. The number of benzene rings is 1. The fourth-order valence-corrected chi connectivity index (χ4v) is 2.33. The lowest BCUT2D eigenvalue weighted by Crippen LogP contribution is -2.02. The normalized spacial score (nSPS) is 10.7. The number of nitrogens with zero attached hydrogens (tertiary/aromatic N) is 3. The predicted octanol–water partition coefficient (Wildman–Crippen LogP) is 2.66. The maximum atomic E-state index is 6.05. The molecular weight excluding hydrogens is 264 g/mol. The molecule has 2 N–H and O–H groups in total. The Hall–Kier alpha value is -2.66. The molecular formula is C16H16N4O. The molecule has 0 unspecified atom stereocenters. The zero-order chi connectivity index (χ0) is 14.7. The van der Waals surface area contributed by atoms with Gasteiger partial charge < -0.3 is 10.5 Å². The highest BCUT2D eigenvalue weighted by Gasteiger charge is 2.12. The summed E-state index contributed by atoms with van der Waals surface area (Å²) in [6.45, 7) is 0.538. The topological polar surface area (TPSA) is 66.0 Å². The van der Waals surface area contributed by atoms with Gasteiger partial charge in [0.25, 0.3) is 0 Å². The minimum absolute atomic E-state index is 0.538. The van der Waals surface area contributed by atoms with E-state index < -0.39 is 0 Å². The third kappa shape index (κ3) is 2.51. The average molecular weight is 280 g/mol. The molecule has 0 saturated heterocycles. The van der Waals surface area contributed by atoms with Crippen molar-refractivity contribution in [3.05, 3.63) is 60.8 Å². The number of nitrogen functional groups attached to an aromatic ring is 1. The minimum atomic E-state index is 0.538. The smallest absolute Gasteiger partial charge is 0.0997 e. The van der Waals surface area contributed by atoms with Gasteiger partial charge in [-0.15, -0.1) is 0 Å². The number of rotatable bonds is 4. The maximum Gasteiger partial charge on any atom is 0.0997 e. The Morgan fingerprint density at radius 3 is 2.81 bits per heavy atom. The molecule has 21 heavy (non-hydrogen) atoms. The third-order valence-electron chi connectivity index (χ3n) is 3.32. The molecule has 5 nitrogen and oxygen atoms in total. The lowest BCUT2D eigenvalue weighted by atomic mass is 10.1. The van der Waals surface area contributed by atoms with E-state index in [1.807, 2.05) is 28.8 Å². The summed E-state index contributed by atoms with van der Waals surface area (Å²) in [7, 11) is 1.69. The predicted molar refractivity (Wildman–Crippen MR) is 81.9 cm³/mol. The molecule has 2 aromatic heterocycles. The van der Waals surface area contributed by atoms with Crippen LogP contribution in [-0.4, -0.2) is 21.6 Å². The first-order valence-electron chi connectivity index (χ1n) is 6.60. The van der Waals surface area contributed by atoms with Crippen molar-refractivity contribution >= 4 is 5.69 Å². The van der Waals surface area contributed by atoms with E-state index in [2.05, 4.69) is 9.97 Å². The Morgan fingerprint density at radius 2 is 2.00 bits per heavy atom. The highest BCUT2D eigenvalue weighted by atomic mass is 16.5. The van der Waals surface area contributed by atoms with Crippen LogP contribution in [0.5, 0.6) is 0 Å². The summed E-state index contributed by atoms with van der Waals surface area (Å²) < 4.78 is 7.27. The van der Waals surface area contributed by atoms with E-state index in [9.17, 15) is 0 Å². The molecule has 0 aliphatic rings. The van der Waals surface area contributed by atoms with Gasteiger partial charge in [0, 0.05) is 36.3 Å². The summed E-state index contributed by atoms with van der Waals surface area (Å²) in [6.07, 6.45) is 6.99. The summed E-state index contributed by atoms with van der Waals surface area (Å²) >= 11 is 0. The van der Waals surface area contributed by atoms with E-state index in [1.54, 1.807) is 38.1 Å². The number of methoxy groups -OCH3 is 1. The van der Waals surface area contributed by atoms with Gasteiger partial charge in [-0.05, 0) is 12.1 Å². The molecule has 3 aromatic rings. The number of hydrogen-bond donors (Lipinski definition) is 1. The van der Waals surface area contributed by atoms with Crippen LogP contribution in [0, 0.1) is 0 Å². The molecule has 5 heteroatoms. The van der Waals surface area contributed by atoms with Crippen molar-refractivity contribution in [2.24, 2.45) is 0 Å². The van der Waals surface area contributed by atoms with Gasteiger partial charge in [-0.25, -0.2) is 4.98 Å². The molecule has 0 amide bonds. The first-order chi connectivity index (χ1) is 10.3. The van der Waals surface area contributed by atoms with Gasteiger partial charge >= 0.3 is 0 Å². The van der Waals surface area contributed by atoms with Crippen LogP contribution in [0.25, 0.3) is 16.9 Å². The van der Waals surface area contributed by atoms with Crippen molar-refractivity contribution in [2.75, 3.05) is 12.8 Å². The molecule has 0 spiro atoms. The molecule has 0 atom stereocenters. The van der Waals surface area contributed by atoms with E-state index in [0.29, 0.717) is 12.3 Å². The zero-order valence-corrected chi connectivity index (χ0v) is 11.7. The molecule has 0 radical (unpaired) electrons. The lowest BCUT2D eigenvalue weighted by molar-refractivity contribution is 0.185. The number of aromatic nitrogens is 3. The van der Waals surface area contributed by atoms with Crippen LogP contribution in [0.4, 0.5) is 5.69 Å². The Bertz CT molecular complexity index is 751. The SMILES string of the molecule is COCc1ccccc1-n1cncc1-c1cnccc1N. The van der Waals surface area contributed by atoms with Crippen LogP contribution < -0.4 is 5.73 Å². The molecule has 2 heterocycles. The van der Waals surface area contributed by atoms with E-state index in [1.165, 1.54) is 0 Å². The highest BCUT2D eigenvalue weighted by molar-refractivity contribution is 5.74. The van der Waals surface area contributed by atoms with Crippen molar-refractivity contribution in [1.29, 1.82) is 0 Å². The standard InChI is InChI=1S/C16H16N4O/c1-21-10-12-4-2-3-5-15(12)20-11-19-9-16(20)13-8-18-7-6-14(13)17/h2-9,11H,10H2,1H3,(H2,17,18). The summed E-state index contributed by atoms with van der Waals surface area (Å²) in [5, 5.41) is 0. The second kappa shape index (κ2) is 5.76. The molecule has 0 aliphatic carbocycles. The van der Waals surface area contributed by atoms with Crippen LogP contribution in [0.3, 0.4) is 0 Å². The number of nitrogens with two attached hydrogens (primary N) is 1. The molecule has 0 saturated carbocycles. The van der Waals surface area contributed by atoms with E-state index in [4.69, 9.17) is 10.5 Å². The van der Waals surface area contributed by atoms with Crippen LogP contribution in [-0.2, 0) is 11.3 Å². The van der Waals surface area contributed by atoms with E-state index in [-0.39, 0.29) is 0 Å². The number of para-hydroxylation sites is 1. The number of imidazole rings is 1. The number of ether oxygens (including phenoxy) is 1. The van der Waals surface area contributed by atoms with Gasteiger partial charge in [0.15, 0.2) is 0 Å². The zero-order valence-electron chi connectivity index (χ0n) is 11.7.